The van der Waals surface area contributed by atoms with Crippen molar-refractivity contribution in [2.75, 3.05) is 0 Å². The zero-order valence-electron chi connectivity index (χ0n) is 10.3. The highest BCUT2D eigenvalue weighted by molar-refractivity contribution is 5.36. The van der Waals surface area contributed by atoms with Crippen molar-refractivity contribution >= 4 is 5.65 Å². The molecule has 2 unspecified atom stereocenters. The Morgan fingerprint density at radius 2 is 2.22 bits per heavy atom. The van der Waals surface area contributed by atoms with Crippen LogP contribution in [0.4, 0.5) is 0 Å². The van der Waals surface area contributed by atoms with E-state index in [0.717, 1.165) is 37.1 Å². The molecule has 2 atom stereocenters. The van der Waals surface area contributed by atoms with Gasteiger partial charge in [-0.15, -0.1) is 0 Å². The fourth-order valence-corrected chi connectivity index (χ4v) is 2.61. The fourth-order valence-electron chi connectivity index (χ4n) is 2.61. The van der Waals surface area contributed by atoms with Crippen molar-refractivity contribution in [1.29, 1.82) is 0 Å². The summed E-state index contributed by atoms with van der Waals surface area (Å²) in [4.78, 5) is 8.34. The second-order valence-corrected chi connectivity index (χ2v) is 4.89. The Kier molecular flexibility index (Phi) is 3.25. The fraction of sp³-hybridized carbons (Fsp3) is 0.538. The molecular formula is C13H18N4O. The second-order valence-electron chi connectivity index (χ2n) is 4.89. The number of aliphatic hydroxyl groups is 1. The molecule has 2 N–H and O–H groups in total. The third-order valence-electron chi connectivity index (χ3n) is 3.67. The molecule has 5 heteroatoms. The van der Waals surface area contributed by atoms with Crippen LogP contribution in [0, 0.1) is 0 Å². The maximum absolute atomic E-state index is 9.92. The second kappa shape index (κ2) is 5.04. The first-order valence-corrected chi connectivity index (χ1v) is 6.52. The largest absolute Gasteiger partial charge is 0.392 e. The number of imidazole rings is 1. The predicted octanol–water partition coefficient (Wildman–Crippen LogP) is 1.12. The molecule has 96 valence electrons. The van der Waals surface area contributed by atoms with Crippen molar-refractivity contribution in [3.05, 3.63) is 30.5 Å². The molecule has 0 spiro atoms. The van der Waals surface area contributed by atoms with Gasteiger partial charge < -0.3 is 10.4 Å². The van der Waals surface area contributed by atoms with Gasteiger partial charge in [-0.3, -0.25) is 9.38 Å². The summed E-state index contributed by atoms with van der Waals surface area (Å²) < 4.78 is 2.02. The summed E-state index contributed by atoms with van der Waals surface area (Å²) in [6.45, 7) is 0.729. The van der Waals surface area contributed by atoms with Crippen LogP contribution in [-0.4, -0.2) is 31.6 Å². The van der Waals surface area contributed by atoms with Crippen LogP contribution in [0.25, 0.3) is 5.65 Å². The Morgan fingerprint density at radius 3 is 3.11 bits per heavy atom. The molecule has 0 aliphatic heterocycles. The number of aliphatic hydroxyl groups excluding tert-OH is 1. The van der Waals surface area contributed by atoms with E-state index in [1.165, 1.54) is 6.42 Å². The average molecular weight is 246 g/mol. The molecule has 18 heavy (non-hydrogen) atoms. The van der Waals surface area contributed by atoms with Crippen molar-refractivity contribution in [1.82, 2.24) is 19.7 Å². The predicted molar refractivity (Wildman–Crippen MR) is 68.1 cm³/mol. The Hall–Kier alpha value is -1.46. The van der Waals surface area contributed by atoms with E-state index >= 15 is 0 Å². The zero-order chi connectivity index (χ0) is 12.4. The lowest BCUT2D eigenvalue weighted by Gasteiger charge is -2.28. The molecular weight excluding hydrogens is 228 g/mol. The molecule has 2 aromatic rings. The van der Waals surface area contributed by atoms with E-state index in [4.69, 9.17) is 0 Å². The maximum Gasteiger partial charge on any atom is 0.155 e. The van der Waals surface area contributed by atoms with Gasteiger partial charge in [-0.2, -0.15) is 0 Å². The molecule has 0 radical (unpaired) electrons. The van der Waals surface area contributed by atoms with E-state index in [1.54, 1.807) is 12.4 Å². The van der Waals surface area contributed by atoms with Gasteiger partial charge in [-0.05, 0) is 12.8 Å². The number of nitrogens with one attached hydrogen (secondary N) is 1. The van der Waals surface area contributed by atoms with Gasteiger partial charge in [0.2, 0.25) is 0 Å². The van der Waals surface area contributed by atoms with Gasteiger partial charge in [0.15, 0.2) is 5.65 Å². The molecule has 2 aromatic heterocycles. The molecule has 2 heterocycles. The minimum absolute atomic E-state index is 0.209. The molecule has 1 aliphatic rings. The van der Waals surface area contributed by atoms with Gasteiger partial charge in [-0.1, -0.05) is 12.8 Å². The van der Waals surface area contributed by atoms with Gasteiger partial charge in [0.1, 0.15) is 0 Å². The molecule has 0 bridgehead atoms. The first-order valence-electron chi connectivity index (χ1n) is 6.52. The summed E-state index contributed by atoms with van der Waals surface area (Å²) in [5.74, 6) is 0. The quantitative estimate of drug-likeness (QED) is 0.852. The maximum atomic E-state index is 9.92. The molecule has 5 nitrogen and oxygen atoms in total. The monoisotopic (exact) mass is 246 g/mol. The molecule has 0 aromatic carbocycles. The van der Waals surface area contributed by atoms with E-state index < -0.39 is 0 Å². The number of fused-ring (bicyclic) bond motifs is 1. The topological polar surface area (TPSA) is 62.5 Å². The van der Waals surface area contributed by atoms with Crippen LogP contribution < -0.4 is 5.32 Å². The third kappa shape index (κ3) is 2.23. The van der Waals surface area contributed by atoms with E-state index in [2.05, 4.69) is 15.3 Å². The van der Waals surface area contributed by atoms with Gasteiger partial charge in [0.05, 0.1) is 24.2 Å². The van der Waals surface area contributed by atoms with Crippen LogP contribution in [0.1, 0.15) is 31.4 Å². The minimum Gasteiger partial charge on any atom is -0.392 e. The molecule has 1 aliphatic carbocycles. The number of nitrogens with zero attached hydrogens (tertiary/aromatic N) is 3. The summed E-state index contributed by atoms with van der Waals surface area (Å²) in [5, 5.41) is 13.4. The Labute approximate surface area is 106 Å². The molecule has 1 fully saturated rings. The molecule has 1 saturated carbocycles. The smallest absolute Gasteiger partial charge is 0.155 e. The SMILES string of the molecule is OC1CCCCC1NCc1cnc2cnccn12. The summed E-state index contributed by atoms with van der Waals surface area (Å²) in [7, 11) is 0. The van der Waals surface area contributed by atoms with Crippen LogP contribution in [0.2, 0.25) is 0 Å². The highest BCUT2D eigenvalue weighted by Gasteiger charge is 2.22. The first-order chi connectivity index (χ1) is 8.84. The van der Waals surface area contributed by atoms with Crippen LogP contribution in [0.3, 0.4) is 0 Å². The number of hydrogen-bond acceptors (Lipinski definition) is 4. The lowest BCUT2D eigenvalue weighted by molar-refractivity contribution is 0.0900. The number of hydrogen-bond donors (Lipinski definition) is 2. The number of aromatic nitrogens is 3. The lowest BCUT2D eigenvalue weighted by Crippen LogP contribution is -2.41. The van der Waals surface area contributed by atoms with E-state index in [9.17, 15) is 5.11 Å². The van der Waals surface area contributed by atoms with Crippen molar-refractivity contribution in [3.63, 3.8) is 0 Å². The van der Waals surface area contributed by atoms with Gasteiger partial charge in [0.25, 0.3) is 0 Å². The molecule has 0 amide bonds. The zero-order valence-corrected chi connectivity index (χ0v) is 10.3. The lowest BCUT2D eigenvalue weighted by atomic mass is 9.92. The Morgan fingerprint density at radius 1 is 1.33 bits per heavy atom. The van der Waals surface area contributed by atoms with Crippen LogP contribution in [-0.2, 0) is 6.54 Å². The number of rotatable bonds is 3. The molecule has 3 rings (SSSR count). The van der Waals surface area contributed by atoms with E-state index in [-0.39, 0.29) is 12.1 Å². The van der Waals surface area contributed by atoms with Crippen molar-refractivity contribution in [2.45, 2.75) is 44.4 Å². The van der Waals surface area contributed by atoms with Crippen LogP contribution in [0.15, 0.2) is 24.8 Å². The van der Waals surface area contributed by atoms with E-state index in [0.29, 0.717) is 0 Å². The average Bonchev–Trinajstić information content (AvgIpc) is 2.81. The Balaban J connectivity index is 1.69. The summed E-state index contributed by atoms with van der Waals surface area (Å²) in [5.41, 5.74) is 1.96. The van der Waals surface area contributed by atoms with Gasteiger partial charge >= 0.3 is 0 Å². The highest BCUT2D eigenvalue weighted by Crippen LogP contribution is 2.18. The van der Waals surface area contributed by atoms with E-state index in [1.807, 2.05) is 16.8 Å². The van der Waals surface area contributed by atoms with Crippen LogP contribution >= 0.6 is 0 Å². The van der Waals surface area contributed by atoms with Gasteiger partial charge in [0, 0.05) is 25.0 Å². The normalized spacial score (nSPS) is 24.5. The van der Waals surface area contributed by atoms with Gasteiger partial charge in [-0.25, -0.2) is 4.98 Å². The Bertz CT molecular complexity index is 524. The summed E-state index contributed by atoms with van der Waals surface area (Å²) in [6, 6.07) is 0.214. The first kappa shape index (κ1) is 11.6. The summed E-state index contributed by atoms with van der Waals surface area (Å²) in [6.07, 6.45) is 11.4. The van der Waals surface area contributed by atoms with Crippen LogP contribution in [0.5, 0.6) is 0 Å². The summed E-state index contributed by atoms with van der Waals surface area (Å²) >= 11 is 0. The van der Waals surface area contributed by atoms with Crippen molar-refractivity contribution < 1.29 is 5.11 Å². The molecule has 0 saturated heterocycles. The standard InChI is InChI=1S/C13H18N4O/c18-12-4-2-1-3-11(12)15-7-10-8-16-13-9-14-5-6-17(10)13/h5-6,8-9,11-12,15,18H,1-4,7H2. The minimum atomic E-state index is -0.209. The third-order valence-corrected chi connectivity index (χ3v) is 3.67. The van der Waals surface area contributed by atoms with Crippen molar-refractivity contribution in [2.24, 2.45) is 0 Å². The highest BCUT2D eigenvalue weighted by atomic mass is 16.3. The van der Waals surface area contributed by atoms with Crippen molar-refractivity contribution in [3.8, 4) is 0 Å².